The van der Waals surface area contributed by atoms with Crippen molar-refractivity contribution in [2.75, 3.05) is 0 Å². The fourth-order valence-corrected chi connectivity index (χ4v) is 2.89. The molecule has 2 aromatic rings. The van der Waals surface area contributed by atoms with E-state index in [-0.39, 0.29) is 12.3 Å². The number of carbonyl (C=O) groups is 2. The van der Waals surface area contributed by atoms with Crippen LogP contribution in [0.25, 0.3) is 0 Å². The number of aliphatic carboxylic acids is 1. The largest absolute Gasteiger partial charge is 0.480 e. The van der Waals surface area contributed by atoms with Crippen molar-refractivity contribution in [1.29, 1.82) is 0 Å². The van der Waals surface area contributed by atoms with Crippen molar-refractivity contribution < 1.29 is 14.7 Å². The van der Waals surface area contributed by atoms with Crippen molar-refractivity contribution in [3.63, 3.8) is 0 Å². The maximum absolute atomic E-state index is 12.6. The van der Waals surface area contributed by atoms with Crippen molar-refractivity contribution in [1.82, 2.24) is 15.1 Å². The third kappa shape index (κ3) is 3.82. The Morgan fingerprint density at radius 1 is 1.25 bits per heavy atom. The van der Waals surface area contributed by atoms with Gasteiger partial charge in [-0.25, -0.2) is 4.79 Å². The van der Waals surface area contributed by atoms with Crippen LogP contribution in [-0.4, -0.2) is 32.8 Å². The fraction of sp³-hybridized carbons (Fsp3) is 0.389. The van der Waals surface area contributed by atoms with Crippen molar-refractivity contribution >= 4 is 11.9 Å². The van der Waals surface area contributed by atoms with E-state index in [1.807, 2.05) is 51.2 Å². The first-order valence-corrected chi connectivity index (χ1v) is 7.88. The third-order valence-electron chi connectivity index (χ3n) is 4.29. The van der Waals surface area contributed by atoms with Crippen molar-refractivity contribution in [2.24, 2.45) is 7.05 Å². The highest BCUT2D eigenvalue weighted by molar-refractivity contribution is 5.88. The lowest BCUT2D eigenvalue weighted by molar-refractivity contribution is -0.141. The van der Waals surface area contributed by atoms with E-state index in [4.69, 9.17) is 0 Å². The Balaban J connectivity index is 2.14. The van der Waals surface area contributed by atoms with Crippen LogP contribution in [0.3, 0.4) is 0 Å². The second-order valence-electron chi connectivity index (χ2n) is 6.02. The van der Waals surface area contributed by atoms with Gasteiger partial charge in [0, 0.05) is 24.7 Å². The van der Waals surface area contributed by atoms with Crippen molar-refractivity contribution in [3.8, 4) is 0 Å². The lowest BCUT2D eigenvalue weighted by Gasteiger charge is -2.18. The smallest absolute Gasteiger partial charge is 0.326 e. The van der Waals surface area contributed by atoms with E-state index < -0.39 is 17.9 Å². The lowest BCUT2D eigenvalue weighted by Crippen LogP contribution is -2.44. The molecule has 0 spiro atoms. The van der Waals surface area contributed by atoms with Crippen LogP contribution in [0.15, 0.2) is 30.3 Å². The zero-order valence-electron chi connectivity index (χ0n) is 14.4. The average molecular weight is 329 g/mol. The zero-order chi connectivity index (χ0) is 17.9. The summed E-state index contributed by atoms with van der Waals surface area (Å²) in [7, 11) is 1.83. The predicted octanol–water partition coefficient (Wildman–Crippen LogP) is 1.95. The Morgan fingerprint density at radius 2 is 1.88 bits per heavy atom. The number of carboxylic acids is 1. The first-order chi connectivity index (χ1) is 11.3. The molecule has 0 aliphatic heterocycles. The van der Waals surface area contributed by atoms with E-state index in [1.54, 1.807) is 11.6 Å². The van der Waals surface area contributed by atoms with Gasteiger partial charge in [0.05, 0.1) is 11.6 Å². The van der Waals surface area contributed by atoms with Crippen LogP contribution >= 0.6 is 0 Å². The second kappa shape index (κ2) is 7.29. The van der Waals surface area contributed by atoms with Crippen LogP contribution in [0.2, 0.25) is 0 Å². The monoisotopic (exact) mass is 329 g/mol. The maximum atomic E-state index is 12.6. The molecule has 6 nitrogen and oxygen atoms in total. The molecule has 1 aromatic carbocycles. The van der Waals surface area contributed by atoms with Crippen LogP contribution in [0.5, 0.6) is 0 Å². The molecular weight excluding hydrogens is 306 g/mol. The first kappa shape index (κ1) is 17.7. The van der Waals surface area contributed by atoms with Gasteiger partial charge in [0.25, 0.3) is 0 Å². The number of amides is 1. The molecule has 6 heteroatoms. The molecule has 0 saturated carbocycles. The molecule has 0 aliphatic carbocycles. The standard InChI is InChI=1S/C18H23N3O3/c1-11(16-12(2)20-21(4)13(16)3)17(22)19-15(18(23)24)10-14-8-6-5-7-9-14/h5-9,11,15H,10H2,1-4H3,(H,19,22)(H,23,24). The molecule has 0 bridgehead atoms. The van der Waals surface area contributed by atoms with E-state index in [0.717, 1.165) is 22.5 Å². The Morgan fingerprint density at radius 3 is 2.38 bits per heavy atom. The minimum atomic E-state index is -1.04. The van der Waals surface area contributed by atoms with Crippen LogP contribution in [0.1, 0.15) is 35.4 Å². The van der Waals surface area contributed by atoms with Gasteiger partial charge in [-0.15, -0.1) is 0 Å². The van der Waals surface area contributed by atoms with Gasteiger partial charge in [-0.2, -0.15) is 5.10 Å². The minimum absolute atomic E-state index is 0.250. The van der Waals surface area contributed by atoms with E-state index in [0.29, 0.717) is 0 Å². The van der Waals surface area contributed by atoms with Gasteiger partial charge in [0.1, 0.15) is 6.04 Å². The van der Waals surface area contributed by atoms with Gasteiger partial charge in [-0.3, -0.25) is 9.48 Å². The first-order valence-electron chi connectivity index (χ1n) is 7.88. The number of hydrogen-bond donors (Lipinski definition) is 2. The summed E-state index contributed by atoms with van der Waals surface area (Å²) in [6.45, 7) is 5.52. The SMILES string of the molecule is Cc1nn(C)c(C)c1C(C)C(=O)NC(Cc1ccccc1)C(=O)O. The molecule has 1 heterocycles. The van der Waals surface area contributed by atoms with Crippen molar-refractivity contribution in [2.45, 2.75) is 39.2 Å². The summed E-state index contributed by atoms with van der Waals surface area (Å²) in [5.41, 5.74) is 3.41. The van der Waals surface area contributed by atoms with E-state index in [2.05, 4.69) is 10.4 Å². The summed E-state index contributed by atoms with van der Waals surface area (Å²) < 4.78 is 1.73. The Kier molecular flexibility index (Phi) is 5.39. The number of carboxylic acid groups (broad SMARTS) is 1. The quantitative estimate of drug-likeness (QED) is 0.848. The van der Waals surface area contributed by atoms with Crippen LogP contribution < -0.4 is 5.32 Å². The van der Waals surface area contributed by atoms with Gasteiger partial charge >= 0.3 is 5.97 Å². The van der Waals surface area contributed by atoms with Gasteiger partial charge < -0.3 is 10.4 Å². The van der Waals surface area contributed by atoms with E-state index in [9.17, 15) is 14.7 Å². The molecule has 0 aliphatic rings. The summed E-state index contributed by atoms with van der Waals surface area (Å²) in [4.78, 5) is 24.1. The number of rotatable bonds is 6. The number of aromatic nitrogens is 2. The molecule has 0 radical (unpaired) electrons. The molecule has 0 saturated heterocycles. The number of carbonyl (C=O) groups excluding carboxylic acids is 1. The molecular formula is C18H23N3O3. The number of hydrogen-bond acceptors (Lipinski definition) is 3. The lowest BCUT2D eigenvalue weighted by atomic mass is 9.97. The average Bonchev–Trinajstić information content (AvgIpc) is 2.79. The predicted molar refractivity (Wildman–Crippen MR) is 90.8 cm³/mol. The highest BCUT2D eigenvalue weighted by atomic mass is 16.4. The third-order valence-corrected chi connectivity index (χ3v) is 4.29. The number of nitrogens with one attached hydrogen (secondary N) is 1. The second-order valence-corrected chi connectivity index (χ2v) is 6.02. The van der Waals surface area contributed by atoms with Crippen LogP contribution in [0.4, 0.5) is 0 Å². The Hall–Kier alpha value is -2.63. The number of benzene rings is 1. The van der Waals surface area contributed by atoms with Crippen LogP contribution in [-0.2, 0) is 23.1 Å². The molecule has 2 rings (SSSR count). The van der Waals surface area contributed by atoms with E-state index >= 15 is 0 Å². The summed E-state index contributed by atoms with van der Waals surface area (Å²) in [6.07, 6.45) is 0.250. The fourth-order valence-electron chi connectivity index (χ4n) is 2.89. The molecule has 2 unspecified atom stereocenters. The molecule has 1 amide bonds. The summed E-state index contributed by atoms with van der Waals surface area (Å²) >= 11 is 0. The van der Waals surface area contributed by atoms with Gasteiger partial charge in [-0.05, 0) is 26.3 Å². The summed E-state index contributed by atoms with van der Waals surface area (Å²) in [5.74, 6) is -1.81. The van der Waals surface area contributed by atoms with E-state index in [1.165, 1.54) is 0 Å². The molecule has 0 fully saturated rings. The Bertz CT molecular complexity index is 737. The summed E-state index contributed by atoms with van der Waals surface area (Å²) in [6, 6.07) is 8.30. The highest BCUT2D eigenvalue weighted by Gasteiger charge is 2.27. The molecule has 128 valence electrons. The Labute approximate surface area is 141 Å². The highest BCUT2D eigenvalue weighted by Crippen LogP contribution is 2.23. The van der Waals surface area contributed by atoms with Gasteiger partial charge in [0.15, 0.2) is 0 Å². The van der Waals surface area contributed by atoms with Gasteiger partial charge in [-0.1, -0.05) is 30.3 Å². The molecule has 2 atom stereocenters. The van der Waals surface area contributed by atoms with Gasteiger partial charge in [0.2, 0.25) is 5.91 Å². The number of nitrogens with zero attached hydrogens (tertiary/aromatic N) is 2. The normalized spacial score (nSPS) is 13.3. The number of aryl methyl sites for hydroxylation is 2. The maximum Gasteiger partial charge on any atom is 0.326 e. The zero-order valence-corrected chi connectivity index (χ0v) is 14.4. The summed E-state index contributed by atoms with van der Waals surface area (Å²) in [5, 5.41) is 16.4. The topological polar surface area (TPSA) is 84.2 Å². The van der Waals surface area contributed by atoms with Crippen LogP contribution in [0, 0.1) is 13.8 Å². The molecule has 1 aromatic heterocycles. The minimum Gasteiger partial charge on any atom is -0.480 e. The molecule has 24 heavy (non-hydrogen) atoms. The molecule has 2 N–H and O–H groups in total. The van der Waals surface area contributed by atoms with Crippen molar-refractivity contribution in [3.05, 3.63) is 52.8 Å².